The number of likely N-dealkylation sites (N-methyl/N-ethyl adjacent to an activating group) is 1. The number of rotatable bonds is 7. The SMILES string of the molecule is CCNC(=NCc1cccnc1N1CCN(C)CC1)NCCc1ccc(F)cc1C. The van der Waals surface area contributed by atoms with Gasteiger partial charge in [-0.1, -0.05) is 12.1 Å². The van der Waals surface area contributed by atoms with Crippen LogP contribution in [0.2, 0.25) is 0 Å². The quantitative estimate of drug-likeness (QED) is 0.541. The lowest BCUT2D eigenvalue weighted by molar-refractivity contribution is 0.312. The molecular weight excluding hydrogens is 379 g/mol. The highest BCUT2D eigenvalue weighted by molar-refractivity contribution is 5.79. The molecule has 2 aromatic rings. The van der Waals surface area contributed by atoms with Crippen molar-refractivity contribution in [1.82, 2.24) is 20.5 Å². The zero-order chi connectivity index (χ0) is 21.3. The summed E-state index contributed by atoms with van der Waals surface area (Å²) in [7, 11) is 2.16. The summed E-state index contributed by atoms with van der Waals surface area (Å²) in [5.74, 6) is 1.63. The van der Waals surface area contributed by atoms with Crippen molar-refractivity contribution in [2.75, 3.05) is 51.2 Å². The minimum absolute atomic E-state index is 0.188. The van der Waals surface area contributed by atoms with E-state index < -0.39 is 0 Å². The fourth-order valence-corrected chi connectivity index (χ4v) is 3.62. The van der Waals surface area contributed by atoms with Crippen molar-refractivity contribution in [3.63, 3.8) is 0 Å². The van der Waals surface area contributed by atoms with Crippen LogP contribution in [0.25, 0.3) is 0 Å². The first kappa shape index (κ1) is 22.0. The van der Waals surface area contributed by atoms with Gasteiger partial charge in [-0.05, 0) is 56.6 Å². The summed E-state index contributed by atoms with van der Waals surface area (Å²) in [6, 6.07) is 9.03. The van der Waals surface area contributed by atoms with Crippen LogP contribution >= 0.6 is 0 Å². The standard InChI is InChI=1S/C23H33FN6/c1-4-25-23(27-11-9-19-7-8-21(24)16-18(19)2)28-17-20-6-5-10-26-22(20)30-14-12-29(3)13-15-30/h5-8,10,16H,4,9,11-15,17H2,1-3H3,(H2,25,27,28). The Morgan fingerprint density at radius 2 is 1.93 bits per heavy atom. The number of benzene rings is 1. The van der Waals surface area contributed by atoms with Gasteiger partial charge in [-0.25, -0.2) is 14.4 Å². The number of aryl methyl sites for hydroxylation is 1. The number of aliphatic imine (C=N–C) groups is 1. The molecule has 3 rings (SSSR count). The molecule has 0 radical (unpaired) electrons. The first-order valence-electron chi connectivity index (χ1n) is 10.7. The highest BCUT2D eigenvalue weighted by Crippen LogP contribution is 2.19. The molecule has 2 heterocycles. The molecule has 2 N–H and O–H groups in total. The first-order valence-corrected chi connectivity index (χ1v) is 10.7. The minimum Gasteiger partial charge on any atom is -0.357 e. The summed E-state index contributed by atoms with van der Waals surface area (Å²) in [6.45, 7) is 10.2. The van der Waals surface area contributed by atoms with Crippen molar-refractivity contribution >= 4 is 11.8 Å². The van der Waals surface area contributed by atoms with E-state index in [9.17, 15) is 4.39 Å². The summed E-state index contributed by atoms with van der Waals surface area (Å²) in [6.07, 6.45) is 2.67. The number of halogens is 1. The number of nitrogens with zero attached hydrogens (tertiary/aromatic N) is 4. The second-order valence-electron chi connectivity index (χ2n) is 7.72. The molecule has 0 aliphatic carbocycles. The normalized spacial score (nSPS) is 15.3. The maximum absolute atomic E-state index is 13.3. The number of hydrogen-bond donors (Lipinski definition) is 2. The zero-order valence-electron chi connectivity index (χ0n) is 18.3. The monoisotopic (exact) mass is 412 g/mol. The molecule has 1 aromatic heterocycles. The Morgan fingerprint density at radius 1 is 1.13 bits per heavy atom. The molecule has 1 aliphatic rings. The molecule has 0 bridgehead atoms. The summed E-state index contributed by atoms with van der Waals surface area (Å²) >= 11 is 0. The Hall–Kier alpha value is -2.67. The molecule has 0 spiro atoms. The van der Waals surface area contributed by atoms with Gasteiger partial charge in [0.2, 0.25) is 0 Å². The van der Waals surface area contributed by atoms with E-state index in [1.807, 2.05) is 25.3 Å². The van der Waals surface area contributed by atoms with Gasteiger partial charge in [-0.15, -0.1) is 0 Å². The molecule has 1 aliphatic heterocycles. The Kier molecular flexibility index (Phi) is 8.02. The van der Waals surface area contributed by atoms with Crippen LogP contribution in [-0.2, 0) is 13.0 Å². The molecule has 1 saturated heterocycles. The Labute approximate surface area is 179 Å². The highest BCUT2D eigenvalue weighted by Gasteiger charge is 2.17. The molecule has 162 valence electrons. The van der Waals surface area contributed by atoms with Crippen LogP contribution in [0.1, 0.15) is 23.6 Å². The number of guanidine groups is 1. The number of anilines is 1. The van der Waals surface area contributed by atoms with Gasteiger partial charge in [0.1, 0.15) is 11.6 Å². The highest BCUT2D eigenvalue weighted by atomic mass is 19.1. The smallest absolute Gasteiger partial charge is 0.191 e. The molecular formula is C23H33FN6. The molecule has 0 unspecified atom stereocenters. The third-order valence-corrected chi connectivity index (χ3v) is 5.41. The molecule has 6 nitrogen and oxygen atoms in total. The Balaban J connectivity index is 1.62. The summed E-state index contributed by atoms with van der Waals surface area (Å²) in [5, 5.41) is 6.70. The van der Waals surface area contributed by atoms with Gasteiger partial charge in [0.15, 0.2) is 5.96 Å². The van der Waals surface area contributed by atoms with E-state index in [0.29, 0.717) is 6.54 Å². The first-order chi connectivity index (χ1) is 14.6. The van der Waals surface area contributed by atoms with Crippen LogP contribution in [-0.4, -0.2) is 62.2 Å². The molecule has 1 aromatic carbocycles. The number of hydrogen-bond acceptors (Lipinski definition) is 4. The summed E-state index contributed by atoms with van der Waals surface area (Å²) < 4.78 is 13.3. The van der Waals surface area contributed by atoms with Gasteiger partial charge >= 0.3 is 0 Å². The van der Waals surface area contributed by atoms with Crippen molar-refractivity contribution in [3.8, 4) is 0 Å². The largest absolute Gasteiger partial charge is 0.357 e. The van der Waals surface area contributed by atoms with E-state index in [1.54, 1.807) is 6.07 Å². The van der Waals surface area contributed by atoms with Crippen LogP contribution < -0.4 is 15.5 Å². The Bertz CT molecular complexity index is 845. The third-order valence-electron chi connectivity index (χ3n) is 5.41. The van der Waals surface area contributed by atoms with Crippen LogP contribution in [0.15, 0.2) is 41.5 Å². The second kappa shape index (κ2) is 10.9. The van der Waals surface area contributed by atoms with Gasteiger partial charge in [0, 0.05) is 51.0 Å². The second-order valence-corrected chi connectivity index (χ2v) is 7.72. The summed E-state index contributed by atoms with van der Waals surface area (Å²) in [4.78, 5) is 14.1. The molecule has 1 fully saturated rings. The topological polar surface area (TPSA) is 55.8 Å². The van der Waals surface area contributed by atoms with Crippen LogP contribution in [0.4, 0.5) is 10.2 Å². The van der Waals surface area contributed by atoms with Gasteiger partial charge in [0.05, 0.1) is 6.54 Å². The molecule has 0 atom stereocenters. The molecule has 7 heteroatoms. The van der Waals surface area contributed by atoms with Crippen LogP contribution in [0.5, 0.6) is 0 Å². The predicted octanol–water partition coefficient (Wildman–Crippen LogP) is 2.58. The summed E-state index contributed by atoms with van der Waals surface area (Å²) in [5.41, 5.74) is 3.25. The van der Waals surface area contributed by atoms with Crippen molar-refractivity contribution in [2.24, 2.45) is 4.99 Å². The van der Waals surface area contributed by atoms with E-state index in [1.165, 1.54) is 6.07 Å². The van der Waals surface area contributed by atoms with E-state index in [-0.39, 0.29) is 5.82 Å². The number of aromatic nitrogens is 1. The lowest BCUT2D eigenvalue weighted by atomic mass is 10.1. The van der Waals surface area contributed by atoms with Gasteiger partial charge < -0.3 is 20.4 Å². The maximum Gasteiger partial charge on any atom is 0.191 e. The van der Waals surface area contributed by atoms with Crippen LogP contribution in [0, 0.1) is 12.7 Å². The van der Waals surface area contributed by atoms with E-state index >= 15 is 0 Å². The van der Waals surface area contributed by atoms with Gasteiger partial charge in [0.25, 0.3) is 0 Å². The fraction of sp³-hybridized carbons (Fsp3) is 0.478. The predicted molar refractivity (Wildman–Crippen MR) is 122 cm³/mol. The van der Waals surface area contributed by atoms with E-state index in [4.69, 9.17) is 4.99 Å². The lowest BCUT2D eigenvalue weighted by Gasteiger charge is -2.34. The third kappa shape index (κ3) is 6.16. The van der Waals surface area contributed by atoms with Gasteiger partial charge in [-0.3, -0.25) is 0 Å². The molecule has 0 amide bonds. The number of piperazine rings is 1. The van der Waals surface area contributed by atoms with Gasteiger partial charge in [-0.2, -0.15) is 0 Å². The van der Waals surface area contributed by atoms with E-state index in [2.05, 4.69) is 45.5 Å². The van der Waals surface area contributed by atoms with Crippen molar-refractivity contribution in [1.29, 1.82) is 0 Å². The molecule has 0 saturated carbocycles. The van der Waals surface area contributed by atoms with E-state index in [0.717, 1.165) is 74.2 Å². The van der Waals surface area contributed by atoms with Crippen molar-refractivity contribution in [3.05, 3.63) is 59.0 Å². The zero-order valence-corrected chi connectivity index (χ0v) is 18.3. The molecule has 30 heavy (non-hydrogen) atoms. The average Bonchev–Trinajstić information content (AvgIpc) is 2.74. The number of pyridine rings is 1. The fourth-order valence-electron chi connectivity index (χ4n) is 3.62. The number of nitrogens with one attached hydrogen (secondary N) is 2. The Morgan fingerprint density at radius 3 is 2.67 bits per heavy atom. The van der Waals surface area contributed by atoms with Crippen molar-refractivity contribution < 1.29 is 4.39 Å². The van der Waals surface area contributed by atoms with Crippen molar-refractivity contribution in [2.45, 2.75) is 26.8 Å². The maximum atomic E-state index is 13.3. The lowest BCUT2D eigenvalue weighted by Crippen LogP contribution is -2.45. The average molecular weight is 413 g/mol. The van der Waals surface area contributed by atoms with Crippen LogP contribution in [0.3, 0.4) is 0 Å². The minimum atomic E-state index is -0.188.